The van der Waals surface area contributed by atoms with Crippen molar-refractivity contribution in [1.29, 1.82) is 0 Å². The van der Waals surface area contributed by atoms with Crippen molar-refractivity contribution in [2.75, 3.05) is 0 Å². The van der Waals surface area contributed by atoms with Crippen LogP contribution in [0, 0.1) is 11.7 Å². The highest BCUT2D eigenvalue weighted by atomic mass is 32.1. The van der Waals surface area contributed by atoms with E-state index in [9.17, 15) is 0 Å². The van der Waals surface area contributed by atoms with Gasteiger partial charge in [0.05, 0.1) is 0 Å². The fraction of sp³-hybridized carbons (Fsp3) is 0.556. The van der Waals surface area contributed by atoms with Crippen LogP contribution in [0.4, 0.5) is 0 Å². The lowest BCUT2D eigenvalue weighted by Gasteiger charge is -2.20. The van der Waals surface area contributed by atoms with Gasteiger partial charge in [-0.1, -0.05) is 20.8 Å². The van der Waals surface area contributed by atoms with E-state index in [1.54, 1.807) is 0 Å². The van der Waals surface area contributed by atoms with Gasteiger partial charge in [0, 0.05) is 11.9 Å². The van der Waals surface area contributed by atoms with E-state index < -0.39 is 0 Å². The van der Waals surface area contributed by atoms with Gasteiger partial charge in [-0.2, -0.15) is 0 Å². The van der Waals surface area contributed by atoms with Gasteiger partial charge in [-0.25, -0.2) is 4.98 Å². The molecule has 66 valence electrons. The van der Waals surface area contributed by atoms with Gasteiger partial charge in [-0.05, 0) is 30.1 Å². The molecule has 0 spiro atoms. The maximum atomic E-state index is 4.92. The van der Waals surface area contributed by atoms with E-state index >= 15 is 0 Å². The Kier molecular flexibility index (Phi) is 2.33. The second kappa shape index (κ2) is 2.98. The van der Waals surface area contributed by atoms with Crippen LogP contribution < -0.4 is 0 Å². The number of hydrogen-bond acceptors (Lipinski definition) is 2. The molecule has 0 atom stereocenters. The van der Waals surface area contributed by atoms with Crippen LogP contribution in [0.1, 0.15) is 32.0 Å². The summed E-state index contributed by atoms with van der Waals surface area (Å²) in [4.78, 5) is 7.11. The highest BCUT2D eigenvalue weighted by Gasteiger charge is 2.16. The van der Waals surface area contributed by atoms with Gasteiger partial charge in [0.2, 0.25) is 0 Å². The smallest absolute Gasteiger partial charge is 0.196 e. The number of aromatic amines is 1. The molecule has 0 aliphatic carbocycles. The summed E-state index contributed by atoms with van der Waals surface area (Å²) in [6.45, 7) is 8.51. The molecule has 0 bridgehead atoms. The average Bonchev–Trinajstić information content (AvgIpc) is 1.83. The lowest BCUT2D eigenvalue weighted by Crippen LogP contribution is -2.14. The summed E-state index contributed by atoms with van der Waals surface area (Å²) in [5.41, 5.74) is 2.47. The zero-order valence-electron chi connectivity index (χ0n) is 7.93. The first-order valence-electron chi connectivity index (χ1n) is 3.97. The van der Waals surface area contributed by atoms with E-state index in [1.807, 2.05) is 13.1 Å². The van der Waals surface area contributed by atoms with E-state index in [0.717, 1.165) is 5.69 Å². The topological polar surface area (TPSA) is 28.7 Å². The average molecular weight is 182 g/mol. The Labute approximate surface area is 78.1 Å². The predicted molar refractivity (Wildman–Crippen MR) is 52.9 cm³/mol. The van der Waals surface area contributed by atoms with Gasteiger partial charge < -0.3 is 4.98 Å². The second-order valence-electron chi connectivity index (χ2n) is 3.98. The number of aromatic nitrogens is 2. The van der Waals surface area contributed by atoms with Crippen molar-refractivity contribution in [1.82, 2.24) is 9.97 Å². The Morgan fingerprint density at radius 2 is 2.00 bits per heavy atom. The van der Waals surface area contributed by atoms with Crippen molar-refractivity contribution in [3.8, 4) is 0 Å². The molecule has 12 heavy (non-hydrogen) atoms. The first-order chi connectivity index (χ1) is 5.41. The molecule has 0 aliphatic heterocycles. The summed E-state index contributed by atoms with van der Waals surface area (Å²) in [7, 11) is 0. The maximum absolute atomic E-state index is 4.92. The molecule has 0 amide bonds. The van der Waals surface area contributed by atoms with E-state index in [4.69, 9.17) is 12.2 Å². The van der Waals surface area contributed by atoms with E-state index in [-0.39, 0.29) is 5.41 Å². The standard InChI is InChI=1S/C9H14N2S/c1-6-7(9(2,3)4)5-10-8(12)11-6/h5H,1-4H3,(H,10,11,12). The van der Waals surface area contributed by atoms with E-state index in [2.05, 4.69) is 30.7 Å². The summed E-state index contributed by atoms with van der Waals surface area (Å²) in [5, 5.41) is 0. The Morgan fingerprint density at radius 3 is 2.42 bits per heavy atom. The van der Waals surface area contributed by atoms with Crippen LogP contribution >= 0.6 is 12.2 Å². The summed E-state index contributed by atoms with van der Waals surface area (Å²) in [6, 6.07) is 0. The molecule has 0 saturated heterocycles. The molecule has 0 unspecified atom stereocenters. The van der Waals surface area contributed by atoms with Gasteiger partial charge in [0.15, 0.2) is 4.77 Å². The minimum Gasteiger partial charge on any atom is -0.335 e. The van der Waals surface area contributed by atoms with Crippen LogP contribution in [0.5, 0.6) is 0 Å². The third-order valence-electron chi connectivity index (χ3n) is 1.82. The third kappa shape index (κ3) is 1.91. The van der Waals surface area contributed by atoms with Crippen LogP contribution in [0.25, 0.3) is 0 Å². The first-order valence-corrected chi connectivity index (χ1v) is 4.38. The molecule has 0 aliphatic rings. The van der Waals surface area contributed by atoms with Crippen LogP contribution in [0.15, 0.2) is 6.20 Å². The molecule has 2 nitrogen and oxygen atoms in total. The van der Waals surface area contributed by atoms with Crippen molar-refractivity contribution in [3.63, 3.8) is 0 Å². The number of H-pyrrole nitrogens is 1. The maximum Gasteiger partial charge on any atom is 0.196 e. The quantitative estimate of drug-likeness (QED) is 0.625. The number of rotatable bonds is 0. The summed E-state index contributed by atoms with van der Waals surface area (Å²) in [5.74, 6) is 0. The molecule has 0 aromatic carbocycles. The highest BCUT2D eigenvalue weighted by Crippen LogP contribution is 2.22. The molecule has 0 saturated carbocycles. The van der Waals surface area contributed by atoms with Crippen LogP contribution in [-0.2, 0) is 5.41 Å². The van der Waals surface area contributed by atoms with E-state index in [0.29, 0.717) is 4.77 Å². The Balaban J connectivity index is 3.28. The summed E-state index contributed by atoms with van der Waals surface area (Å²) < 4.78 is 0.556. The Bertz CT molecular complexity index is 333. The summed E-state index contributed by atoms with van der Waals surface area (Å²) in [6.07, 6.45) is 1.86. The molecule has 0 fully saturated rings. The number of aryl methyl sites for hydroxylation is 1. The zero-order valence-corrected chi connectivity index (χ0v) is 8.75. The first kappa shape index (κ1) is 9.39. The van der Waals surface area contributed by atoms with Crippen LogP contribution in [0.2, 0.25) is 0 Å². The summed E-state index contributed by atoms with van der Waals surface area (Å²) >= 11 is 4.92. The molecule has 1 aromatic heterocycles. The Hall–Kier alpha value is -0.700. The van der Waals surface area contributed by atoms with Crippen molar-refractivity contribution in [2.24, 2.45) is 0 Å². The fourth-order valence-corrected chi connectivity index (χ4v) is 1.44. The normalized spacial score (nSPS) is 11.7. The molecule has 1 N–H and O–H groups in total. The van der Waals surface area contributed by atoms with Crippen LogP contribution in [0.3, 0.4) is 0 Å². The minimum atomic E-state index is 0.136. The van der Waals surface area contributed by atoms with Gasteiger partial charge in [0.25, 0.3) is 0 Å². The molecule has 0 radical (unpaired) electrons. The predicted octanol–water partition coefficient (Wildman–Crippen LogP) is 2.75. The van der Waals surface area contributed by atoms with E-state index in [1.165, 1.54) is 5.56 Å². The third-order valence-corrected chi connectivity index (χ3v) is 2.02. The minimum absolute atomic E-state index is 0.136. The fourth-order valence-electron chi connectivity index (χ4n) is 1.24. The van der Waals surface area contributed by atoms with Gasteiger partial charge in [-0.3, -0.25) is 0 Å². The molecule has 1 heterocycles. The van der Waals surface area contributed by atoms with Crippen LogP contribution in [-0.4, -0.2) is 9.97 Å². The molecule has 1 aromatic rings. The van der Waals surface area contributed by atoms with Crippen molar-refractivity contribution >= 4 is 12.2 Å². The van der Waals surface area contributed by atoms with Gasteiger partial charge >= 0.3 is 0 Å². The molecular formula is C9H14N2S. The number of nitrogens with one attached hydrogen (secondary N) is 1. The molecule has 1 rings (SSSR count). The molecule has 3 heteroatoms. The number of hydrogen-bond donors (Lipinski definition) is 1. The van der Waals surface area contributed by atoms with Crippen molar-refractivity contribution in [2.45, 2.75) is 33.1 Å². The highest BCUT2D eigenvalue weighted by molar-refractivity contribution is 7.71. The van der Waals surface area contributed by atoms with Crippen molar-refractivity contribution < 1.29 is 0 Å². The van der Waals surface area contributed by atoms with Gasteiger partial charge in [0.1, 0.15) is 0 Å². The largest absolute Gasteiger partial charge is 0.335 e. The zero-order chi connectivity index (χ0) is 9.35. The van der Waals surface area contributed by atoms with Gasteiger partial charge in [-0.15, -0.1) is 0 Å². The lowest BCUT2D eigenvalue weighted by atomic mass is 9.87. The Morgan fingerprint density at radius 1 is 1.42 bits per heavy atom. The second-order valence-corrected chi connectivity index (χ2v) is 4.36. The molecular weight excluding hydrogens is 168 g/mol. The number of nitrogens with zero attached hydrogens (tertiary/aromatic N) is 1. The monoisotopic (exact) mass is 182 g/mol. The SMILES string of the molecule is Cc1[nH]c(=S)ncc1C(C)(C)C. The lowest BCUT2D eigenvalue weighted by molar-refractivity contribution is 0.578. The van der Waals surface area contributed by atoms with Crippen molar-refractivity contribution in [3.05, 3.63) is 22.2 Å².